The Morgan fingerprint density at radius 2 is 1.97 bits per heavy atom. The summed E-state index contributed by atoms with van der Waals surface area (Å²) in [7, 11) is 1.15. The second kappa shape index (κ2) is 10.4. The number of hydrogen-bond acceptors (Lipinski definition) is 5. The normalized spacial score (nSPS) is 19.6. The number of anilines is 1. The van der Waals surface area contributed by atoms with Gasteiger partial charge in [0, 0.05) is 25.8 Å². The van der Waals surface area contributed by atoms with Crippen molar-refractivity contribution in [2.75, 3.05) is 38.1 Å². The van der Waals surface area contributed by atoms with Crippen LogP contribution >= 0.6 is 11.6 Å². The standard InChI is InChI=1S/C23H25ClF5N5O3/c1-12(2)31-17(7-13(3)23(27,28)29)34-16(8-33(21(34)36)11-22(37)9-30-10-22)20(35)32(4)15-6-5-14(25)18(24)19(15)26/h5-7,16,30,37H,3,8-11H2,1-2,4H3/b17-7+/t16-/m0/s1. The zero-order valence-corrected chi connectivity index (χ0v) is 20.9. The highest BCUT2D eigenvalue weighted by atomic mass is 35.5. The van der Waals surface area contributed by atoms with Crippen molar-refractivity contribution in [3.05, 3.63) is 52.8 Å². The molecule has 1 atom stereocenters. The van der Waals surface area contributed by atoms with Crippen LogP contribution in [0.25, 0.3) is 0 Å². The molecule has 0 unspecified atom stereocenters. The van der Waals surface area contributed by atoms with Crippen molar-refractivity contribution in [2.24, 2.45) is 4.99 Å². The Bertz CT molecular complexity index is 1180. The Balaban J connectivity index is 2.07. The molecular formula is C23H25ClF5N5O3. The third kappa shape index (κ3) is 5.94. The number of nitrogens with one attached hydrogen (secondary N) is 1. The first kappa shape index (κ1) is 28.5. The van der Waals surface area contributed by atoms with Crippen LogP contribution in [0.4, 0.5) is 32.4 Å². The van der Waals surface area contributed by atoms with Gasteiger partial charge in [-0.15, -0.1) is 0 Å². The summed E-state index contributed by atoms with van der Waals surface area (Å²) < 4.78 is 68.2. The molecule has 2 heterocycles. The molecule has 0 bridgehead atoms. The molecule has 2 fully saturated rings. The molecule has 2 N–H and O–H groups in total. The summed E-state index contributed by atoms with van der Waals surface area (Å²) in [6.07, 6.45) is -4.31. The molecule has 202 valence electrons. The van der Waals surface area contributed by atoms with Crippen molar-refractivity contribution in [3.63, 3.8) is 0 Å². The molecule has 0 aliphatic carbocycles. The van der Waals surface area contributed by atoms with Gasteiger partial charge in [-0.25, -0.2) is 18.6 Å². The van der Waals surface area contributed by atoms with Crippen LogP contribution in [0.15, 0.2) is 41.2 Å². The fourth-order valence-electron chi connectivity index (χ4n) is 3.85. The van der Waals surface area contributed by atoms with E-state index in [4.69, 9.17) is 11.6 Å². The number of β-amino-alcohol motifs (C(OH)–C–C–N with tert-alkyl or cyclic N) is 1. The van der Waals surface area contributed by atoms with Crippen molar-refractivity contribution >= 4 is 34.9 Å². The van der Waals surface area contributed by atoms with Crippen molar-refractivity contribution in [3.8, 4) is 0 Å². The smallest absolute Gasteiger partial charge is 0.385 e. The monoisotopic (exact) mass is 549 g/mol. The maximum absolute atomic E-state index is 14.7. The molecule has 0 radical (unpaired) electrons. The summed E-state index contributed by atoms with van der Waals surface area (Å²) in [4.78, 5) is 33.6. The Kier molecular flexibility index (Phi) is 8.01. The lowest BCUT2D eigenvalue weighted by atomic mass is 9.97. The van der Waals surface area contributed by atoms with Gasteiger partial charge in [-0.1, -0.05) is 18.2 Å². The largest absolute Gasteiger partial charge is 0.415 e. The van der Waals surface area contributed by atoms with Gasteiger partial charge in [0.15, 0.2) is 5.82 Å². The zero-order valence-electron chi connectivity index (χ0n) is 20.2. The Morgan fingerprint density at radius 1 is 1.35 bits per heavy atom. The van der Waals surface area contributed by atoms with Gasteiger partial charge in [0.05, 0.1) is 24.4 Å². The van der Waals surface area contributed by atoms with Crippen LogP contribution in [0.3, 0.4) is 0 Å². The van der Waals surface area contributed by atoms with E-state index in [0.29, 0.717) is 6.08 Å². The minimum Gasteiger partial charge on any atom is -0.385 e. The molecule has 2 aliphatic heterocycles. The average molecular weight is 550 g/mol. The average Bonchev–Trinajstić information content (AvgIpc) is 3.09. The van der Waals surface area contributed by atoms with Crippen molar-refractivity contribution in [1.82, 2.24) is 15.1 Å². The molecule has 3 amide bonds. The van der Waals surface area contributed by atoms with Crippen molar-refractivity contribution in [1.29, 1.82) is 0 Å². The zero-order chi connectivity index (χ0) is 27.9. The number of nitrogens with zero attached hydrogens (tertiary/aromatic N) is 4. The van der Waals surface area contributed by atoms with Gasteiger partial charge in [-0.3, -0.25) is 9.69 Å². The Morgan fingerprint density at radius 3 is 2.49 bits per heavy atom. The van der Waals surface area contributed by atoms with E-state index in [1.54, 1.807) is 0 Å². The number of carbonyl (C=O) groups is 2. The Hall–Kier alpha value is -3.03. The molecule has 2 aliphatic rings. The number of amides is 3. The summed E-state index contributed by atoms with van der Waals surface area (Å²) in [5.74, 6) is -3.72. The van der Waals surface area contributed by atoms with Gasteiger partial charge < -0.3 is 20.2 Å². The van der Waals surface area contributed by atoms with Gasteiger partial charge in [-0.2, -0.15) is 13.2 Å². The fourth-order valence-corrected chi connectivity index (χ4v) is 4.01. The van der Waals surface area contributed by atoms with Crippen LogP contribution in [-0.4, -0.2) is 83.6 Å². The van der Waals surface area contributed by atoms with Crippen LogP contribution in [0.1, 0.15) is 13.8 Å². The summed E-state index contributed by atoms with van der Waals surface area (Å²) in [5.41, 5.74) is -2.77. The predicted molar refractivity (Wildman–Crippen MR) is 127 cm³/mol. The van der Waals surface area contributed by atoms with Gasteiger partial charge in [0.2, 0.25) is 0 Å². The summed E-state index contributed by atoms with van der Waals surface area (Å²) in [6.45, 7) is 5.69. The number of aliphatic hydroxyl groups is 1. The first-order valence-electron chi connectivity index (χ1n) is 11.0. The predicted octanol–water partition coefficient (Wildman–Crippen LogP) is 3.46. The summed E-state index contributed by atoms with van der Waals surface area (Å²) >= 11 is 5.63. The second-order valence-electron chi connectivity index (χ2n) is 9.05. The molecule has 3 rings (SSSR count). The number of halogens is 6. The maximum atomic E-state index is 14.7. The molecule has 14 heteroatoms. The van der Waals surface area contributed by atoms with E-state index in [1.807, 2.05) is 0 Å². The number of alkyl halides is 3. The van der Waals surface area contributed by atoms with E-state index >= 15 is 0 Å². The molecular weight excluding hydrogens is 525 g/mol. The van der Waals surface area contributed by atoms with Crippen LogP contribution in [0.5, 0.6) is 0 Å². The van der Waals surface area contributed by atoms with E-state index in [-0.39, 0.29) is 31.9 Å². The number of carbonyl (C=O) groups excluding carboxylic acids is 2. The highest BCUT2D eigenvalue weighted by Gasteiger charge is 2.49. The molecule has 8 nitrogen and oxygen atoms in total. The number of urea groups is 1. The summed E-state index contributed by atoms with van der Waals surface area (Å²) in [5, 5.41) is 12.5. The molecule has 0 spiro atoms. The van der Waals surface area contributed by atoms with Crippen LogP contribution in [-0.2, 0) is 4.79 Å². The minimum atomic E-state index is -4.85. The summed E-state index contributed by atoms with van der Waals surface area (Å²) in [6, 6.07) is -0.563. The molecule has 2 saturated heterocycles. The van der Waals surface area contributed by atoms with Crippen LogP contribution in [0.2, 0.25) is 5.02 Å². The SMILES string of the molecule is C=C(/C=C(\N=C(C)C)N1C(=O)N(CC2(O)CNC2)C[C@H]1C(=O)N(C)c1ccc(F)c(Cl)c1F)C(F)(F)F. The van der Waals surface area contributed by atoms with Crippen molar-refractivity contribution < 1.29 is 36.6 Å². The quantitative estimate of drug-likeness (QED) is 0.236. The maximum Gasteiger partial charge on any atom is 0.415 e. The number of rotatable bonds is 7. The minimum absolute atomic E-state index is 0.161. The lowest BCUT2D eigenvalue weighted by Crippen LogP contribution is -2.64. The van der Waals surface area contributed by atoms with Gasteiger partial charge in [-0.05, 0) is 32.1 Å². The molecule has 1 aromatic carbocycles. The topological polar surface area (TPSA) is 88.5 Å². The molecule has 1 aromatic rings. The Labute approximate surface area is 214 Å². The number of benzene rings is 1. The van der Waals surface area contributed by atoms with E-state index in [1.165, 1.54) is 13.8 Å². The van der Waals surface area contributed by atoms with Gasteiger partial charge in [0.25, 0.3) is 5.91 Å². The molecule has 37 heavy (non-hydrogen) atoms. The number of aliphatic imine (C=N–C) groups is 1. The number of likely N-dealkylation sites (N-methyl/N-ethyl adjacent to an activating group) is 1. The van der Waals surface area contributed by atoms with E-state index in [2.05, 4.69) is 16.9 Å². The van der Waals surface area contributed by atoms with Crippen LogP contribution in [0, 0.1) is 11.6 Å². The third-order valence-corrected chi connectivity index (χ3v) is 6.17. The van der Waals surface area contributed by atoms with Crippen molar-refractivity contribution in [2.45, 2.75) is 31.7 Å². The first-order valence-corrected chi connectivity index (χ1v) is 11.4. The molecule has 0 saturated carbocycles. The first-order chi connectivity index (χ1) is 17.1. The van der Waals surface area contributed by atoms with E-state index in [9.17, 15) is 36.6 Å². The van der Waals surface area contributed by atoms with Gasteiger partial charge >= 0.3 is 12.2 Å². The number of allylic oxidation sites excluding steroid dienone is 2. The lowest BCUT2D eigenvalue weighted by Gasteiger charge is -2.40. The highest BCUT2D eigenvalue weighted by Crippen LogP contribution is 2.33. The van der Waals surface area contributed by atoms with E-state index in [0.717, 1.165) is 33.9 Å². The lowest BCUT2D eigenvalue weighted by molar-refractivity contribution is -0.121. The highest BCUT2D eigenvalue weighted by molar-refractivity contribution is 6.31. The molecule has 0 aromatic heterocycles. The fraction of sp³-hybridized carbons (Fsp3) is 0.435. The van der Waals surface area contributed by atoms with Crippen LogP contribution < -0.4 is 10.2 Å². The number of hydrogen-bond donors (Lipinski definition) is 2. The third-order valence-electron chi connectivity index (χ3n) is 5.82. The van der Waals surface area contributed by atoms with E-state index < -0.39 is 63.5 Å². The van der Waals surface area contributed by atoms with Gasteiger partial charge in [0.1, 0.15) is 28.3 Å². The second-order valence-corrected chi connectivity index (χ2v) is 9.43.